The summed E-state index contributed by atoms with van der Waals surface area (Å²) in [6.07, 6.45) is 2.86. The summed E-state index contributed by atoms with van der Waals surface area (Å²) in [5, 5.41) is 12.1. The Balaban J connectivity index is 2.24. The highest BCUT2D eigenvalue weighted by Gasteiger charge is 2.21. The summed E-state index contributed by atoms with van der Waals surface area (Å²) < 4.78 is 32.3. The quantitative estimate of drug-likeness (QED) is 0.846. The first-order valence-corrected chi connectivity index (χ1v) is 6.79. The van der Waals surface area contributed by atoms with E-state index in [1.807, 2.05) is 6.92 Å². The zero-order valence-electron chi connectivity index (χ0n) is 9.90. The van der Waals surface area contributed by atoms with Gasteiger partial charge in [0.05, 0.1) is 11.9 Å². The van der Waals surface area contributed by atoms with E-state index in [2.05, 4.69) is 9.82 Å². The summed E-state index contributed by atoms with van der Waals surface area (Å²) in [5.74, 6) is -1.77. The highest BCUT2D eigenvalue weighted by atomic mass is 32.2. The topological polar surface area (TPSA) is 114 Å². The molecule has 8 nitrogen and oxygen atoms in total. The number of sulfonamides is 1. The van der Waals surface area contributed by atoms with Gasteiger partial charge in [0.1, 0.15) is 0 Å². The van der Waals surface area contributed by atoms with Crippen LogP contribution in [0.25, 0.3) is 0 Å². The number of aromatic nitrogens is 2. The Labute approximate surface area is 108 Å². The molecule has 2 aromatic heterocycles. The van der Waals surface area contributed by atoms with Crippen LogP contribution in [-0.2, 0) is 16.6 Å². The average molecular weight is 285 g/mol. The summed E-state index contributed by atoms with van der Waals surface area (Å²) in [5.41, 5.74) is 0.273. The number of carboxylic acid groups (broad SMARTS) is 1. The Bertz CT molecular complexity index is 700. The lowest BCUT2D eigenvalue weighted by Gasteiger charge is -2.01. The summed E-state index contributed by atoms with van der Waals surface area (Å²) in [6, 6.07) is 2.16. The minimum Gasteiger partial charge on any atom is -0.475 e. The second-order valence-electron chi connectivity index (χ2n) is 3.61. The van der Waals surface area contributed by atoms with E-state index in [1.165, 1.54) is 12.4 Å². The molecule has 0 saturated heterocycles. The van der Waals surface area contributed by atoms with Crippen LogP contribution in [0, 0.1) is 0 Å². The van der Waals surface area contributed by atoms with Crippen LogP contribution in [0.4, 0.5) is 5.69 Å². The zero-order valence-corrected chi connectivity index (χ0v) is 10.7. The van der Waals surface area contributed by atoms with Crippen LogP contribution in [0.2, 0.25) is 0 Å². The van der Waals surface area contributed by atoms with E-state index >= 15 is 0 Å². The summed E-state index contributed by atoms with van der Waals surface area (Å²) >= 11 is 0. The van der Waals surface area contributed by atoms with Crippen molar-refractivity contribution in [1.82, 2.24) is 9.78 Å². The Kier molecular flexibility index (Phi) is 3.30. The lowest BCUT2D eigenvalue weighted by Crippen LogP contribution is -2.11. The van der Waals surface area contributed by atoms with Crippen molar-refractivity contribution >= 4 is 21.7 Å². The van der Waals surface area contributed by atoms with Gasteiger partial charge < -0.3 is 9.52 Å². The van der Waals surface area contributed by atoms with Gasteiger partial charge in [-0.05, 0) is 19.1 Å². The van der Waals surface area contributed by atoms with E-state index in [0.717, 1.165) is 12.1 Å². The van der Waals surface area contributed by atoms with E-state index in [-0.39, 0.29) is 5.69 Å². The Hall–Kier alpha value is -2.29. The van der Waals surface area contributed by atoms with Crippen molar-refractivity contribution in [2.75, 3.05) is 4.72 Å². The van der Waals surface area contributed by atoms with Crippen LogP contribution in [0.5, 0.6) is 0 Å². The first kappa shape index (κ1) is 13.1. The summed E-state index contributed by atoms with van der Waals surface area (Å²) in [4.78, 5) is 10.6. The van der Waals surface area contributed by atoms with Crippen molar-refractivity contribution in [2.24, 2.45) is 0 Å². The number of furan rings is 1. The monoisotopic (exact) mass is 285 g/mol. The third kappa shape index (κ3) is 2.76. The number of aryl methyl sites for hydroxylation is 1. The van der Waals surface area contributed by atoms with Gasteiger partial charge in [0.15, 0.2) is 0 Å². The molecular weight excluding hydrogens is 274 g/mol. The molecule has 0 amide bonds. The van der Waals surface area contributed by atoms with E-state index in [9.17, 15) is 13.2 Å². The Morgan fingerprint density at radius 3 is 2.79 bits per heavy atom. The van der Waals surface area contributed by atoms with Crippen molar-refractivity contribution in [3.05, 3.63) is 30.3 Å². The van der Waals surface area contributed by atoms with Gasteiger partial charge in [-0.3, -0.25) is 9.40 Å². The maximum atomic E-state index is 11.9. The Morgan fingerprint density at radius 1 is 1.53 bits per heavy atom. The molecule has 19 heavy (non-hydrogen) atoms. The molecule has 2 aromatic rings. The van der Waals surface area contributed by atoms with Crippen LogP contribution >= 0.6 is 0 Å². The van der Waals surface area contributed by atoms with Crippen LogP contribution in [-0.4, -0.2) is 29.3 Å². The van der Waals surface area contributed by atoms with E-state index in [4.69, 9.17) is 9.52 Å². The van der Waals surface area contributed by atoms with E-state index in [1.54, 1.807) is 4.68 Å². The maximum Gasteiger partial charge on any atom is 0.371 e. The molecule has 2 N–H and O–H groups in total. The lowest BCUT2D eigenvalue weighted by atomic mass is 10.5. The van der Waals surface area contributed by atoms with Gasteiger partial charge in [0, 0.05) is 12.7 Å². The summed E-state index contributed by atoms with van der Waals surface area (Å²) in [7, 11) is -3.95. The van der Waals surface area contributed by atoms with Crippen molar-refractivity contribution in [3.63, 3.8) is 0 Å². The average Bonchev–Trinajstić information content (AvgIpc) is 2.95. The predicted molar refractivity (Wildman–Crippen MR) is 64.4 cm³/mol. The number of aromatic carboxylic acids is 1. The fourth-order valence-electron chi connectivity index (χ4n) is 1.37. The standard InChI is InChI=1S/C10H11N3O5S/c1-2-13-6-7(5-11-13)12-19(16,17)9-4-3-8(18-9)10(14)15/h3-6,12H,2H2,1H3,(H,14,15). The molecule has 2 rings (SSSR count). The molecule has 0 spiro atoms. The van der Waals surface area contributed by atoms with Crippen LogP contribution in [0.15, 0.2) is 34.0 Å². The van der Waals surface area contributed by atoms with E-state index in [0.29, 0.717) is 6.54 Å². The second-order valence-corrected chi connectivity index (χ2v) is 5.23. The molecule has 9 heteroatoms. The number of hydrogen-bond donors (Lipinski definition) is 2. The van der Waals surface area contributed by atoms with Crippen molar-refractivity contribution < 1.29 is 22.7 Å². The van der Waals surface area contributed by atoms with Gasteiger partial charge in [0.2, 0.25) is 10.9 Å². The first-order chi connectivity index (χ1) is 8.92. The normalized spacial score (nSPS) is 11.4. The molecule has 0 aromatic carbocycles. The smallest absolute Gasteiger partial charge is 0.371 e. The molecule has 0 unspecified atom stereocenters. The molecule has 2 heterocycles. The van der Waals surface area contributed by atoms with Crippen LogP contribution < -0.4 is 4.72 Å². The van der Waals surface area contributed by atoms with Gasteiger partial charge >= 0.3 is 5.97 Å². The largest absolute Gasteiger partial charge is 0.475 e. The SMILES string of the molecule is CCn1cc(NS(=O)(=O)c2ccc(C(=O)O)o2)cn1. The number of anilines is 1. The molecule has 0 bridgehead atoms. The Morgan fingerprint density at radius 2 is 2.26 bits per heavy atom. The predicted octanol–water partition coefficient (Wildman–Crippen LogP) is 0.995. The molecule has 0 radical (unpaired) electrons. The minimum absolute atomic E-state index is 0.273. The van der Waals surface area contributed by atoms with Crippen LogP contribution in [0.1, 0.15) is 17.5 Å². The van der Waals surface area contributed by atoms with Crippen LogP contribution in [0.3, 0.4) is 0 Å². The molecule has 0 fully saturated rings. The highest BCUT2D eigenvalue weighted by Crippen LogP contribution is 2.18. The van der Waals surface area contributed by atoms with Gasteiger partial charge in [-0.2, -0.15) is 13.5 Å². The number of nitrogens with zero attached hydrogens (tertiary/aromatic N) is 2. The second kappa shape index (κ2) is 4.76. The molecule has 0 saturated carbocycles. The zero-order chi connectivity index (χ0) is 14.0. The van der Waals surface area contributed by atoms with Crippen molar-refractivity contribution in [1.29, 1.82) is 0 Å². The molecule has 0 aliphatic rings. The fraction of sp³-hybridized carbons (Fsp3) is 0.200. The minimum atomic E-state index is -3.95. The molecule has 0 aliphatic heterocycles. The first-order valence-electron chi connectivity index (χ1n) is 5.31. The molecular formula is C10H11N3O5S. The molecule has 102 valence electrons. The van der Waals surface area contributed by atoms with Gasteiger partial charge in [-0.25, -0.2) is 4.79 Å². The third-order valence-electron chi connectivity index (χ3n) is 2.27. The lowest BCUT2D eigenvalue weighted by molar-refractivity contribution is 0.0656. The van der Waals surface area contributed by atoms with E-state index < -0.39 is 26.8 Å². The maximum absolute atomic E-state index is 11.9. The highest BCUT2D eigenvalue weighted by molar-refractivity contribution is 7.92. The number of carbonyl (C=O) groups is 1. The van der Waals surface area contributed by atoms with Gasteiger partial charge in [-0.1, -0.05) is 0 Å². The van der Waals surface area contributed by atoms with Crippen molar-refractivity contribution in [3.8, 4) is 0 Å². The van der Waals surface area contributed by atoms with Gasteiger partial charge in [0.25, 0.3) is 10.0 Å². The van der Waals surface area contributed by atoms with Crippen molar-refractivity contribution in [2.45, 2.75) is 18.6 Å². The summed E-state index contributed by atoms with van der Waals surface area (Å²) in [6.45, 7) is 2.46. The third-order valence-corrected chi connectivity index (χ3v) is 3.52. The number of nitrogens with one attached hydrogen (secondary N) is 1. The number of hydrogen-bond acceptors (Lipinski definition) is 5. The van der Waals surface area contributed by atoms with Gasteiger partial charge in [-0.15, -0.1) is 0 Å². The molecule has 0 aliphatic carbocycles. The number of rotatable bonds is 5. The fourth-order valence-corrected chi connectivity index (χ4v) is 2.34. The number of carboxylic acids is 1. The molecule has 0 atom stereocenters.